The van der Waals surface area contributed by atoms with Crippen molar-refractivity contribution in [3.63, 3.8) is 0 Å². The summed E-state index contributed by atoms with van der Waals surface area (Å²) in [5.74, 6) is 1.47. The Bertz CT molecular complexity index is 566. The van der Waals surface area contributed by atoms with Crippen LogP contribution in [0.2, 0.25) is 0 Å². The van der Waals surface area contributed by atoms with Crippen LogP contribution < -0.4 is 5.73 Å². The van der Waals surface area contributed by atoms with Crippen molar-refractivity contribution < 1.29 is 5.11 Å². The molecule has 2 saturated heterocycles. The Morgan fingerprint density at radius 1 is 1.17 bits per heavy atom. The van der Waals surface area contributed by atoms with Crippen molar-refractivity contribution in [2.75, 3.05) is 26.2 Å². The number of nitrogens with two attached hydrogens (primary N) is 1. The molecule has 2 aliphatic rings. The van der Waals surface area contributed by atoms with E-state index in [0.29, 0.717) is 12.5 Å². The maximum atomic E-state index is 9.70. The first-order valence-electron chi connectivity index (χ1n) is 9.14. The lowest BCUT2D eigenvalue weighted by molar-refractivity contribution is 0.174. The van der Waals surface area contributed by atoms with Crippen LogP contribution in [0.3, 0.4) is 0 Å². The number of nitrogens with zero attached hydrogens (tertiary/aromatic N) is 3. The van der Waals surface area contributed by atoms with E-state index in [4.69, 9.17) is 5.73 Å². The number of guanidine groups is 1. The molecule has 2 aliphatic heterocycles. The molecule has 0 saturated carbocycles. The first-order chi connectivity index (χ1) is 11.6. The minimum absolute atomic E-state index is 0.174. The van der Waals surface area contributed by atoms with Gasteiger partial charge in [-0.25, -0.2) is 4.99 Å². The molecule has 1 unspecified atom stereocenters. The number of benzene rings is 1. The largest absolute Gasteiger partial charge is 0.392 e. The molecule has 0 amide bonds. The minimum atomic E-state index is -0.174. The Balaban J connectivity index is 1.61. The molecule has 5 heteroatoms. The lowest BCUT2D eigenvalue weighted by atomic mass is 10.00. The second-order valence-electron chi connectivity index (χ2n) is 7.29. The van der Waals surface area contributed by atoms with E-state index >= 15 is 0 Å². The summed E-state index contributed by atoms with van der Waals surface area (Å²) in [5, 5.41) is 9.70. The number of aliphatic imine (C=N–C) groups is 1. The van der Waals surface area contributed by atoms with E-state index in [2.05, 4.69) is 46.0 Å². The van der Waals surface area contributed by atoms with Crippen LogP contribution in [0, 0.1) is 5.92 Å². The third kappa shape index (κ3) is 4.48. The normalized spacial score (nSPS) is 23.8. The summed E-state index contributed by atoms with van der Waals surface area (Å²) in [5.41, 5.74) is 8.72. The number of aliphatic hydroxyl groups excluding tert-OH is 1. The van der Waals surface area contributed by atoms with Crippen LogP contribution in [0.15, 0.2) is 29.3 Å². The van der Waals surface area contributed by atoms with Gasteiger partial charge in [0.25, 0.3) is 0 Å². The zero-order valence-electron chi connectivity index (χ0n) is 14.7. The maximum Gasteiger partial charge on any atom is 0.191 e. The van der Waals surface area contributed by atoms with Gasteiger partial charge >= 0.3 is 0 Å². The van der Waals surface area contributed by atoms with Crippen LogP contribution in [-0.2, 0) is 13.1 Å². The van der Waals surface area contributed by atoms with Crippen molar-refractivity contribution in [1.82, 2.24) is 9.80 Å². The zero-order valence-corrected chi connectivity index (χ0v) is 14.7. The molecule has 1 aromatic carbocycles. The number of likely N-dealkylation sites (tertiary alicyclic amines) is 2. The van der Waals surface area contributed by atoms with Crippen LogP contribution >= 0.6 is 0 Å². The lowest BCUT2D eigenvalue weighted by Crippen LogP contribution is -2.42. The van der Waals surface area contributed by atoms with E-state index in [1.807, 2.05) is 0 Å². The molecule has 0 aromatic heterocycles. The standard InChI is InChI=1S/C19H30N4O/c1-15-6-10-23(11-7-15)19(20)21-12-16-4-2-3-5-17(16)13-22-9-8-18(24)14-22/h2-5,15,18,24H,6-14H2,1H3,(H2,20,21). The summed E-state index contributed by atoms with van der Waals surface area (Å²) in [6.45, 7) is 7.58. The second kappa shape index (κ2) is 7.99. The van der Waals surface area contributed by atoms with Gasteiger partial charge in [0.2, 0.25) is 0 Å². The summed E-state index contributed by atoms with van der Waals surface area (Å²) >= 11 is 0. The highest BCUT2D eigenvalue weighted by atomic mass is 16.3. The highest BCUT2D eigenvalue weighted by Gasteiger charge is 2.21. The average molecular weight is 330 g/mol. The molecular formula is C19H30N4O. The van der Waals surface area contributed by atoms with Gasteiger partial charge in [0, 0.05) is 32.7 Å². The summed E-state index contributed by atoms with van der Waals surface area (Å²) in [6, 6.07) is 8.43. The van der Waals surface area contributed by atoms with Crippen molar-refractivity contribution in [2.24, 2.45) is 16.6 Å². The predicted molar refractivity (Wildman–Crippen MR) is 97.6 cm³/mol. The van der Waals surface area contributed by atoms with Gasteiger partial charge in [0.05, 0.1) is 12.6 Å². The molecule has 5 nitrogen and oxygen atoms in total. The van der Waals surface area contributed by atoms with E-state index in [9.17, 15) is 5.11 Å². The highest BCUT2D eigenvalue weighted by Crippen LogP contribution is 2.18. The first-order valence-corrected chi connectivity index (χ1v) is 9.14. The Labute approximate surface area is 145 Å². The van der Waals surface area contributed by atoms with Crippen LogP contribution in [0.1, 0.15) is 37.3 Å². The molecule has 3 N–H and O–H groups in total. The Morgan fingerprint density at radius 3 is 2.54 bits per heavy atom. The van der Waals surface area contributed by atoms with Gasteiger partial charge in [-0.15, -0.1) is 0 Å². The fraction of sp³-hybridized carbons (Fsp3) is 0.632. The number of piperidine rings is 1. The number of aliphatic hydroxyl groups is 1. The summed E-state index contributed by atoms with van der Waals surface area (Å²) in [6.07, 6.45) is 3.10. The number of rotatable bonds is 4. The van der Waals surface area contributed by atoms with E-state index < -0.39 is 0 Å². The van der Waals surface area contributed by atoms with Crippen LogP contribution in [0.25, 0.3) is 0 Å². The SMILES string of the molecule is CC1CCN(C(N)=NCc2ccccc2CN2CCC(O)C2)CC1. The molecule has 0 radical (unpaired) electrons. The van der Waals surface area contributed by atoms with Crippen LogP contribution in [0.5, 0.6) is 0 Å². The van der Waals surface area contributed by atoms with Gasteiger partial charge < -0.3 is 15.7 Å². The van der Waals surface area contributed by atoms with Crippen molar-refractivity contribution in [3.05, 3.63) is 35.4 Å². The van der Waals surface area contributed by atoms with Crippen molar-refractivity contribution >= 4 is 5.96 Å². The Kier molecular flexibility index (Phi) is 5.74. The molecule has 2 fully saturated rings. The van der Waals surface area contributed by atoms with Crippen molar-refractivity contribution in [2.45, 2.75) is 45.4 Å². The fourth-order valence-electron chi connectivity index (χ4n) is 3.57. The third-order valence-corrected chi connectivity index (χ3v) is 5.28. The van der Waals surface area contributed by atoms with E-state index in [1.165, 1.54) is 24.0 Å². The third-order valence-electron chi connectivity index (χ3n) is 5.28. The first kappa shape index (κ1) is 17.2. The fourth-order valence-corrected chi connectivity index (χ4v) is 3.57. The molecule has 1 aromatic rings. The molecule has 3 rings (SSSR count). The quantitative estimate of drug-likeness (QED) is 0.653. The molecule has 0 spiro atoms. The predicted octanol–water partition coefficient (Wildman–Crippen LogP) is 1.80. The molecule has 0 aliphatic carbocycles. The molecule has 24 heavy (non-hydrogen) atoms. The van der Waals surface area contributed by atoms with Gasteiger partial charge in [0.1, 0.15) is 0 Å². The molecule has 132 valence electrons. The van der Waals surface area contributed by atoms with Crippen molar-refractivity contribution in [1.29, 1.82) is 0 Å². The number of hydrogen-bond donors (Lipinski definition) is 2. The Morgan fingerprint density at radius 2 is 1.88 bits per heavy atom. The lowest BCUT2D eigenvalue weighted by Gasteiger charge is -2.31. The van der Waals surface area contributed by atoms with Gasteiger partial charge in [0.15, 0.2) is 5.96 Å². The summed E-state index contributed by atoms with van der Waals surface area (Å²) < 4.78 is 0. The highest BCUT2D eigenvalue weighted by molar-refractivity contribution is 5.78. The van der Waals surface area contributed by atoms with Gasteiger partial charge in [-0.3, -0.25) is 4.90 Å². The molecule has 0 bridgehead atoms. The smallest absolute Gasteiger partial charge is 0.191 e. The average Bonchev–Trinajstić information content (AvgIpc) is 2.99. The number of hydrogen-bond acceptors (Lipinski definition) is 3. The van der Waals surface area contributed by atoms with E-state index in [-0.39, 0.29) is 6.10 Å². The van der Waals surface area contributed by atoms with Crippen LogP contribution in [-0.4, -0.2) is 53.1 Å². The maximum absolute atomic E-state index is 9.70. The van der Waals surface area contributed by atoms with Crippen molar-refractivity contribution in [3.8, 4) is 0 Å². The van der Waals surface area contributed by atoms with Gasteiger partial charge in [-0.1, -0.05) is 31.2 Å². The monoisotopic (exact) mass is 330 g/mol. The van der Waals surface area contributed by atoms with Gasteiger partial charge in [-0.2, -0.15) is 0 Å². The minimum Gasteiger partial charge on any atom is -0.392 e. The molecule has 2 heterocycles. The van der Waals surface area contributed by atoms with E-state index in [1.54, 1.807) is 0 Å². The Hall–Kier alpha value is -1.59. The zero-order chi connectivity index (χ0) is 16.9. The van der Waals surface area contributed by atoms with Crippen LogP contribution in [0.4, 0.5) is 0 Å². The molecular weight excluding hydrogens is 300 g/mol. The summed E-state index contributed by atoms with van der Waals surface area (Å²) in [4.78, 5) is 9.16. The van der Waals surface area contributed by atoms with E-state index in [0.717, 1.165) is 45.1 Å². The number of β-amino-alcohol motifs (C(OH)–C–C–N with tert-alkyl or cyclic N) is 1. The van der Waals surface area contributed by atoms with Gasteiger partial charge in [-0.05, 0) is 36.3 Å². The summed E-state index contributed by atoms with van der Waals surface area (Å²) in [7, 11) is 0. The molecule has 1 atom stereocenters. The second-order valence-corrected chi connectivity index (χ2v) is 7.29. The topological polar surface area (TPSA) is 65.1 Å².